The maximum absolute atomic E-state index is 5.26. The minimum atomic E-state index is 0. The molecular formula is C21H30ClN5O. The molecule has 6 nitrogen and oxygen atoms in total. The molecule has 2 aliphatic rings. The number of anilines is 1. The van der Waals surface area contributed by atoms with Crippen LogP contribution in [0.25, 0.3) is 0 Å². The molecule has 1 aromatic carbocycles. The summed E-state index contributed by atoms with van der Waals surface area (Å²) in [6.45, 7) is 5.03. The van der Waals surface area contributed by atoms with Crippen LogP contribution in [0.1, 0.15) is 30.0 Å². The van der Waals surface area contributed by atoms with E-state index in [0.29, 0.717) is 12.0 Å². The Kier molecular flexibility index (Phi) is 7.50. The molecule has 2 aliphatic heterocycles. The van der Waals surface area contributed by atoms with E-state index in [0.717, 1.165) is 44.3 Å². The van der Waals surface area contributed by atoms with Gasteiger partial charge < -0.3 is 15.0 Å². The average Bonchev–Trinajstić information content (AvgIpc) is 3.41. The average molecular weight is 404 g/mol. The Labute approximate surface area is 173 Å². The number of halogens is 1. The molecular weight excluding hydrogens is 374 g/mol. The number of hydrogen-bond donors (Lipinski definition) is 3. The van der Waals surface area contributed by atoms with E-state index in [1.807, 2.05) is 18.3 Å². The van der Waals surface area contributed by atoms with Gasteiger partial charge in [-0.15, -0.1) is 12.4 Å². The number of aromatic nitrogens is 1. The quantitative estimate of drug-likeness (QED) is 0.660. The van der Waals surface area contributed by atoms with Crippen LogP contribution in [0.4, 0.5) is 5.82 Å². The lowest BCUT2D eigenvalue weighted by Crippen LogP contribution is -2.28. The summed E-state index contributed by atoms with van der Waals surface area (Å²) in [7, 11) is 1.70. The molecule has 2 unspecified atom stereocenters. The summed E-state index contributed by atoms with van der Waals surface area (Å²) in [5.41, 5.74) is 9.21. The van der Waals surface area contributed by atoms with E-state index in [1.165, 1.54) is 24.0 Å². The molecule has 1 aromatic heterocycles. The Hall–Kier alpha value is -1.86. The van der Waals surface area contributed by atoms with E-state index in [2.05, 4.69) is 50.3 Å². The van der Waals surface area contributed by atoms with E-state index < -0.39 is 0 Å². The summed E-state index contributed by atoms with van der Waals surface area (Å²) in [5, 5.41) is 3.60. The van der Waals surface area contributed by atoms with Crippen molar-refractivity contribution in [3.05, 3.63) is 53.7 Å². The van der Waals surface area contributed by atoms with Crippen molar-refractivity contribution in [2.75, 3.05) is 38.2 Å². The number of benzene rings is 1. The van der Waals surface area contributed by atoms with Gasteiger partial charge >= 0.3 is 0 Å². The highest BCUT2D eigenvalue weighted by Gasteiger charge is 2.27. The summed E-state index contributed by atoms with van der Waals surface area (Å²) in [6, 6.07) is 13.0. The van der Waals surface area contributed by atoms with Gasteiger partial charge in [-0.05, 0) is 42.2 Å². The van der Waals surface area contributed by atoms with Crippen molar-refractivity contribution in [2.24, 2.45) is 5.92 Å². The molecule has 7 heteroatoms. The minimum absolute atomic E-state index is 0. The molecule has 2 atom stereocenters. The van der Waals surface area contributed by atoms with Gasteiger partial charge in [0.2, 0.25) is 0 Å². The smallest absolute Gasteiger partial charge is 0.128 e. The molecule has 3 heterocycles. The zero-order valence-corrected chi connectivity index (χ0v) is 17.2. The Morgan fingerprint density at radius 1 is 1.14 bits per heavy atom. The number of nitrogens with zero attached hydrogens (tertiary/aromatic N) is 2. The van der Waals surface area contributed by atoms with Gasteiger partial charge in [-0.3, -0.25) is 5.43 Å². The summed E-state index contributed by atoms with van der Waals surface area (Å²) in [5.74, 6) is 2.50. The third kappa shape index (κ3) is 4.94. The summed E-state index contributed by atoms with van der Waals surface area (Å²) in [4.78, 5) is 7.01. The van der Waals surface area contributed by atoms with Crippen LogP contribution in [0.3, 0.4) is 0 Å². The van der Waals surface area contributed by atoms with Crippen molar-refractivity contribution in [2.45, 2.75) is 25.4 Å². The van der Waals surface area contributed by atoms with Crippen LogP contribution in [0.15, 0.2) is 42.6 Å². The number of nitrogens with one attached hydrogen (secondary N) is 3. The first kappa shape index (κ1) is 20.9. The molecule has 0 amide bonds. The van der Waals surface area contributed by atoms with Crippen LogP contribution in [0, 0.1) is 5.92 Å². The number of rotatable bonds is 7. The third-order valence-corrected chi connectivity index (χ3v) is 5.54. The molecule has 0 saturated carbocycles. The highest BCUT2D eigenvalue weighted by molar-refractivity contribution is 5.85. The molecule has 152 valence electrons. The predicted molar refractivity (Wildman–Crippen MR) is 115 cm³/mol. The predicted octanol–water partition coefficient (Wildman–Crippen LogP) is 2.67. The van der Waals surface area contributed by atoms with E-state index in [4.69, 9.17) is 4.74 Å². The molecule has 4 rings (SSSR count). The number of methoxy groups -OCH3 is 1. The monoisotopic (exact) mass is 403 g/mol. The van der Waals surface area contributed by atoms with Gasteiger partial charge in [0.25, 0.3) is 0 Å². The molecule has 28 heavy (non-hydrogen) atoms. The second-order valence-electron chi connectivity index (χ2n) is 7.39. The van der Waals surface area contributed by atoms with Crippen molar-refractivity contribution in [3.63, 3.8) is 0 Å². The molecule has 3 N–H and O–H groups in total. The number of ether oxygens (including phenoxy) is 1. The van der Waals surface area contributed by atoms with Gasteiger partial charge in [-0.2, -0.15) is 0 Å². The number of hydrogen-bond acceptors (Lipinski definition) is 6. The Balaban J connectivity index is 0.00000225. The van der Waals surface area contributed by atoms with E-state index in [-0.39, 0.29) is 12.4 Å². The van der Waals surface area contributed by atoms with Crippen LogP contribution in [-0.4, -0.2) is 38.3 Å². The zero-order chi connectivity index (χ0) is 18.5. The molecule has 2 saturated heterocycles. The lowest BCUT2D eigenvalue weighted by Gasteiger charge is -2.20. The lowest BCUT2D eigenvalue weighted by atomic mass is 9.95. The maximum Gasteiger partial charge on any atom is 0.128 e. The summed E-state index contributed by atoms with van der Waals surface area (Å²) < 4.78 is 5.26. The summed E-state index contributed by atoms with van der Waals surface area (Å²) >= 11 is 0. The fourth-order valence-electron chi connectivity index (χ4n) is 3.95. The number of hydrazine groups is 1. The largest absolute Gasteiger partial charge is 0.497 e. The first-order valence-electron chi connectivity index (χ1n) is 9.86. The van der Waals surface area contributed by atoms with Crippen LogP contribution >= 0.6 is 12.4 Å². The van der Waals surface area contributed by atoms with Crippen molar-refractivity contribution < 1.29 is 4.74 Å². The van der Waals surface area contributed by atoms with Crippen LogP contribution in [0.2, 0.25) is 0 Å². The second kappa shape index (κ2) is 10.1. The first-order chi connectivity index (χ1) is 13.3. The molecule has 0 spiro atoms. The minimum Gasteiger partial charge on any atom is -0.497 e. The Morgan fingerprint density at radius 3 is 2.61 bits per heavy atom. The van der Waals surface area contributed by atoms with Crippen molar-refractivity contribution in [1.82, 2.24) is 21.2 Å². The normalized spacial score (nSPS) is 21.5. The van der Waals surface area contributed by atoms with Gasteiger partial charge in [-0.25, -0.2) is 10.4 Å². The van der Waals surface area contributed by atoms with Crippen molar-refractivity contribution >= 4 is 18.2 Å². The van der Waals surface area contributed by atoms with Gasteiger partial charge in [0.05, 0.1) is 13.2 Å². The topological polar surface area (TPSA) is 61.5 Å². The zero-order valence-electron chi connectivity index (χ0n) is 16.4. The van der Waals surface area contributed by atoms with Gasteiger partial charge in [0.15, 0.2) is 0 Å². The number of pyridine rings is 1. The van der Waals surface area contributed by atoms with Crippen molar-refractivity contribution in [3.8, 4) is 5.75 Å². The van der Waals surface area contributed by atoms with E-state index in [9.17, 15) is 0 Å². The van der Waals surface area contributed by atoms with Crippen LogP contribution < -0.4 is 25.8 Å². The highest BCUT2D eigenvalue weighted by atomic mass is 35.5. The molecule has 2 aromatic rings. The Morgan fingerprint density at radius 2 is 1.93 bits per heavy atom. The highest BCUT2D eigenvalue weighted by Crippen LogP contribution is 2.26. The van der Waals surface area contributed by atoms with E-state index >= 15 is 0 Å². The second-order valence-corrected chi connectivity index (χ2v) is 7.39. The Bertz CT molecular complexity index is 719. The van der Waals surface area contributed by atoms with Crippen LogP contribution in [-0.2, 0) is 6.54 Å². The third-order valence-electron chi connectivity index (χ3n) is 5.54. The molecule has 2 fully saturated rings. The maximum atomic E-state index is 5.26. The van der Waals surface area contributed by atoms with Crippen molar-refractivity contribution in [1.29, 1.82) is 0 Å². The van der Waals surface area contributed by atoms with Crippen LogP contribution in [0.5, 0.6) is 5.75 Å². The standard InChI is InChI=1S/C21H29N5O.ClH/c1-27-19-7-5-17(6-8-19)21-18(15-24-25-21)14-22-12-16-4-9-20(23-13-16)26-10-2-3-11-26;/h4-9,13,18,21-22,24-25H,2-3,10-12,14-15H2,1H3;1H. The lowest BCUT2D eigenvalue weighted by molar-refractivity contribution is 0.413. The van der Waals surface area contributed by atoms with Gasteiger partial charge in [0.1, 0.15) is 11.6 Å². The SMILES string of the molecule is COc1ccc(C2NNCC2CNCc2ccc(N3CCCC3)nc2)cc1.Cl. The van der Waals surface area contributed by atoms with Gasteiger partial charge in [0, 0.05) is 44.8 Å². The molecule has 0 bridgehead atoms. The fraction of sp³-hybridized carbons (Fsp3) is 0.476. The first-order valence-corrected chi connectivity index (χ1v) is 9.86. The molecule has 0 radical (unpaired) electrons. The van der Waals surface area contributed by atoms with Gasteiger partial charge in [-0.1, -0.05) is 18.2 Å². The fourth-order valence-corrected chi connectivity index (χ4v) is 3.95. The summed E-state index contributed by atoms with van der Waals surface area (Å²) in [6.07, 6.45) is 4.57. The van der Waals surface area contributed by atoms with E-state index in [1.54, 1.807) is 7.11 Å². The molecule has 0 aliphatic carbocycles.